The van der Waals surface area contributed by atoms with Crippen LogP contribution in [0.5, 0.6) is 0 Å². The Labute approximate surface area is 108 Å². The molecular weight excluding hydrogens is 236 g/mol. The number of nitrogens with one attached hydrogen (secondary N) is 1. The fraction of sp³-hybridized carbons (Fsp3) is 0.917. The van der Waals surface area contributed by atoms with Gasteiger partial charge in [0.25, 0.3) is 0 Å². The quantitative estimate of drug-likeness (QED) is 0.762. The Morgan fingerprint density at radius 2 is 2.24 bits per heavy atom. The van der Waals surface area contributed by atoms with Crippen molar-refractivity contribution in [1.82, 2.24) is 5.32 Å². The van der Waals surface area contributed by atoms with Crippen molar-refractivity contribution in [3.05, 3.63) is 0 Å². The average molecular weight is 258 g/mol. The van der Waals surface area contributed by atoms with Crippen LogP contribution in [0.1, 0.15) is 25.7 Å². The van der Waals surface area contributed by atoms with E-state index in [1.54, 1.807) is 7.11 Å². The Balaban J connectivity index is 1.71. The van der Waals surface area contributed by atoms with Gasteiger partial charge in [-0.05, 0) is 25.7 Å². The first-order valence-electron chi connectivity index (χ1n) is 6.37. The first kappa shape index (κ1) is 13.2. The molecule has 0 aromatic carbocycles. The van der Waals surface area contributed by atoms with Crippen LogP contribution in [-0.2, 0) is 9.47 Å². The van der Waals surface area contributed by atoms with Gasteiger partial charge in [0.05, 0.1) is 5.54 Å². The van der Waals surface area contributed by atoms with Crippen LogP contribution < -0.4 is 5.32 Å². The van der Waals surface area contributed by atoms with Crippen LogP contribution in [0.25, 0.3) is 0 Å². The van der Waals surface area contributed by atoms with E-state index in [0.717, 1.165) is 63.0 Å². The zero-order chi connectivity index (χ0) is 12.0. The van der Waals surface area contributed by atoms with Crippen molar-refractivity contribution in [2.24, 2.45) is 4.99 Å². The fourth-order valence-electron chi connectivity index (χ4n) is 2.16. The molecule has 0 amide bonds. The van der Waals surface area contributed by atoms with Gasteiger partial charge in [0.1, 0.15) is 0 Å². The summed E-state index contributed by atoms with van der Waals surface area (Å²) in [7, 11) is 1.75. The van der Waals surface area contributed by atoms with E-state index in [-0.39, 0.29) is 5.54 Å². The Hall–Kier alpha value is -0.260. The second-order valence-electron chi connectivity index (χ2n) is 4.69. The number of unbranched alkanes of at least 4 members (excludes halogenated alkanes) is 1. The summed E-state index contributed by atoms with van der Waals surface area (Å²) < 4.78 is 10.4. The minimum Gasteiger partial charge on any atom is -0.385 e. The Morgan fingerprint density at radius 3 is 3.00 bits per heavy atom. The lowest BCUT2D eigenvalue weighted by molar-refractivity contribution is 0.0555. The largest absolute Gasteiger partial charge is 0.385 e. The average Bonchev–Trinajstić information content (AvgIpc) is 2.73. The van der Waals surface area contributed by atoms with Gasteiger partial charge in [-0.2, -0.15) is 0 Å². The molecule has 0 aromatic heterocycles. The number of hydrogen-bond acceptors (Lipinski definition) is 4. The smallest absolute Gasteiger partial charge is 0.157 e. The lowest BCUT2D eigenvalue weighted by Crippen LogP contribution is -2.48. The van der Waals surface area contributed by atoms with Gasteiger partial charge in [0, 0.05) is 39.2 Å². The van der Waals surface area contributed by atoms with Crippen molar-refractivity contribution in [2.75, 3.05) is 39.2 Å². The minimum absolute atomic E-state index is 0.272. The lowest BCUT2D eigenvalue weighted by Gasteiger charge is -2.32. The number of nitrogens with zero attached hydrogens (tertiary/aromatic N) is 1. The molecule has 0 radical (unpaired) electrons. The number of hydrogen-bond donors (Lipinski definition) is 1. The summed E-state index contributed by atoms with van der Waals surface area (Å²) in [6.07, 6.45) is 4.43. The van der Waals surface area contributed by atoms with E-state index in [4.69, 9.17) is 9.47 Å². The lowest BCUT2D eigenvalue weighted by atomic mass is 9.93. The maximum Gasteiger partial charge on any atom is 0.157 e. The molecule has 0 aliphatic carbocycles. The molecule has 2 saturated heterocycles. The van der Waals surface area contributed by atoms with Crippen molar-refractivity contribution in [2.45, 2.75) is 31.2 Å². The number of methoxy groups -OCH3 is 1. The van der Waals surface area contributed by atoms with Crippen LogP contribution in [0.4, 0.5) is 0 Å². The standard InChI is InChI=1S/C12H22N2O2S/c1-15-7-3-2-6-13-11-14-12(10-17-11)4-8-16-9-5-12/h2-10H2,1H3,(H,13,14). The predicted octanol–water partition coefficient (Wildman–Crippen LogP) is 1.65. The zero-order valence-electron chi connectivity index (χ0n) is 10.5. The minimum atomic E-state index is 0.272. The molecule has 0 atom stereocenters. The predicted molar refractivity (Wildman–Crippen MR) is 71.8 cm³/mol. The van der Waals surface area contributed by atoms with Gasteiger partial charge < -0.3 is 14.8 Å². The summed E-state index contributed by atoms with van der Waals surface area (Å²) in [6.45, 7) is 3.52. The maximum atomic E-state index is 5.41. The molecule has 98 valence electrons. The summed E-state index contributed by atoms with van der Waals surface area (Å²) in [5.41, 5.74) is 0.272. The van der Waals surface area contributed by atoms with Crippen LogP contribution >= 0.6 is 11.8 Å². The molecule has 4 nitrogen and oxygen atoms in total. The summed E-state index contributed by atoms with van der Waals surface area (Å²) >= 11 is 1.86. The summed E-state index contributed by atoms with van der Waals surface area (Å²) in [6, 6.07) is 0. The molecule has 2 aliphatic rings. The first-order chi connectivity index (χ1) is 8.35. The molecule has 17 heavy (non-hydrogen) atoms. The van der Waals surface area contributed by atoms with Gasteiger partial charge in [-0.1, -0.05) is 11.8 Å². The number of ether oxygens (including phenoxy) is 2. The number of aliphatic imine (C=N–C) groups is 1. The molecule has 5 heteroatoms. The second-order valence-corrected chi connectivity index (χ2v) is 5.66. The first-order valence-corrected chi connectivity index (χ1v) is 7.35. The topological polar surface area (TPSA) is 42.8 Å². The second kappa shape index (κ2) is 6.61. The van der Waals surface area contributed by atoms with Crippen molar-refractivity contribution in [1.29, 1.82) is 0 Å². The van der Waals surface area contributed by atoms with E-state index in [1.165, 1.54) is 0 Å². The molecule has 2 rings (SSSR count). The molecular formula is C12H22N2O2S. The summed E-state index contributed by atoms with van der Waals surface area (Å²) in [4.78, 5) is 4.62. The van der Waals surface area contributed by atoms with Crippen molar-refractivity contribution in [3.63, 3.8) is 0 Å². The fourth-order valence-corrected chi connectivity index (χ4v) is 3.41. The Morgan fingerprint density at radius 1 is 1.41 bits per heavy atom. The van der Waals surface area contributed by atoms with E-state index in [2.05, 4.69) is 10.3 Å². The molecule has 1 spiro atoms. The highest BCUT2D eigenvalue weighted by Gasteiger charge is 2.38. The Bertz CT molecular complexity index is 265. The third-order valence-electron chi connectivity index (χ3n) is 3.32. The van der Waals surface area contributed by atoms with Crippen LogP contribution in [0.15, 0.2) is 4.99 Å². The summed E-state index contributed by atoms with van der Waals surface area (Å²) in [5.74, 6) is 1.15. The molecule has 2 fully saturated rings. The van der Waals surface area contributed by atoms with Gasteiger partial charge >= 0.3 is 0 Å². The van der Waals surface area contributed by atoms with Crippen molar-refractivity contribution >= 4 is 16.9 Å². The third kappa shape index (κ3) is 3.86. The highest BCUT2D eigenvalue weighted by molar-refractivity contribution is 8.14. The van der Waals surface area contributed by atoms with Gasteiger partial charge in [0.15, 0.2) is 5.17 Å². The highest BCUT2D eigenvalue weighted by Crippen LogP contribution is 2.31. The SMILES string of the molecule is COCCCCN=C1NC2(CCOCC2)CS1. The number of amidine groups is 1. The van der Waals surface area contributed by atoms with Gasteiger partial charge in [-0.3, -0.25) is 4.99 Å². The van der Waals surface area contributed by atoms with Crippen molar-refractivity contribution in [3.8, 4) is 0 Å². The Kier molecular flexibility index (Phi) is 5.13. The van der Waals surface area contributed by atoms with Gasteiger partial charge in [-0.25, -0.2) is 0 Å². The number of thioether (sulfide) groups is 1. The molecule has 0 saturated carbocycles. The highest BCUT2D eigenvalue weighted by atomic mass is 32.2. The summed E-state index contributed by atoms with van der Waals surface area (Å²) in [5, 5.41) is 4.73. The maximum absolute atomic E-state index is 5.41. The van der Waals surface area contributed by atoms with E-state index >= 15 is 0 Å². The van der Waals surface area contributed by atoms with Crippen molar-refractivity contribution < 1.29 is 9.47 Å². The normalized spacial score (nSPS) is 25.4. The third-order valence-corrected chi connectivity index (χ3v) is 4.52. The zero-order valence-corrected chi connectivity index (χ0v) is 11.4. The molecule has 2 aliphatic heterocycles. The van der Waals surface area contributed by atoms with E-state index in [9.17, 15) is 0 Å². The van der Waals surface area contributed by atoms with E-state index in [0.29, 0.717) is 0 Å². The molecule has 2 heterocycles. The van der Waals surface area contributed by atoms with E-state index < -0.39 is 0 Å². The van der Waals surface area contributed by atoms with Crippen LogP contribution in [0, 0.1) is 0 Å². The van der Waals surface area contributed by atoms with Crippen LogP contribution in [0.3, 0.4) is 0 Å². The van der Waals surface area contributed by atoms with Gasteiger partial charge in [-0.15, -0.1) is 0 Å². The number of rotatable bonds is 5. The molecule has 1 N–H and O–H groups in total. The van der Waals surface area contributed by atoms with Crippen LogP contribution in [0.2, 0.25) is 0 Å². The van der Waals surface area contributed by atoms with E-state index in [1.807, 2.05) is 11.8 Å². The molecule has 0 bridgehead atoms. The molecule has 0 aromatic rings. The van der Waals surface area contributed by atoms with Gasteiger partial charge in [0.2, 0.25) is 0 Å². The van der Waals surface area contributed by atoms with Crippen LogP contribution in [-0.4, -0.2) is 49.9 Å². The molecule has 0 unspecified atom stereocenters. The monoisotopic (exact) mass is 258 g/mol.